The van der Waals surface area contributed by atoms with Gasteiger partial charge in [0.25, 0.3) is 0 Å². The number of benzene rings is 1. The Morgan fingerprint density at radius 2 is 1.96 bits per heavy atom. The minimum atomic E-state index is -3.20. The topological polar surface area (TPSA) is 104 Å². The third-order valence-corrected chi connectivity index (χ3v) is 8.12. The van der Waals surface area contributed by atoms with Gasteiger partial charge in [0.15, 0.2) is 9.84 Å². The van der Waals surface area contributed by atoms with Crippen LogP contribution in [0.25, 0.3) is 0 Å². The molecular weight excluding hydrogens is 366 g/mol. The number of nitrogens with one attached hydrogen (secondary N) is 3. The number of hydrogen-bond acceptors (Lipinski definition) is 4. The average Bonchev–Trinajstić information content (AvgIpc) is 3.25. The first-order chi connectivity index (χ1) is 12.9. The molecule has 3 atom stereocenters. The van der Waals surface area contributed by atoms with Crippen LogP contribution in [-0.4, -0.2) is 43.4 Å². The Hall–Kier alpha value is -2.09. The first kappa shape index (κ1) is 18.3. The lowest BCUT2D eigenvalue weighted by Gasteiger charge is -2.16. The Morgan fingerprint density at radius 1 is 1.15 bits per heavy atom. The molecule has 0 spiro atoms. The van der Waals surface area contributed by atoms with Gasteiger partial charge in [-0.3, -0.25) is 4.79 Å². The van der Waals surface area contributed by atoms with E-state index in [4.69, 9.17) is 0 Å². The monoisotopic (exact) mass is 391 g/mol. The molecule has 146 valence electrons. The SMILES string of the molecule is O=C(CCCCC1C2NC(=O)NC2CS1(=O)=O)Nc1ccc2c(c1)CCC2. The lowest BCUT2D eigenvalue weighted by molar-refractivity contribution is -0.116. The summed E-state index contributed by atoms with van der Waals surface area (Å²) >= 11 is 0. The average molecular weight is 391 g/mol. The highest BCUT2D eigenvalue weighted by Crippen LogP contribution is 2.29. The molecule has 2 fully saturated rings. The summed E-state index contributed by atoms with van der Waals surface area (Å²) in [6.45, 7) is 0. The van der Waals surface area contributed by atoms with E-state index in [1.807, 2.05) is 6.07 Å². The number of amides is 3. The maximum atomic E-state index is 12.3. The van der Waals surface area contributed by atoms with Crippen molar-refractivity contribution in [2.75, 3.05) is 11.1 Å². The van der Waals surface area contributed by atoms with E-state index in [0.29, 0.717) is 25.7 Å². The fourth-order valence-electron chi connectivity index (χ4n) is 4.51. The Balaban J connectivity index is 1.24. The summed E-state index contributed by atoms with van der Waals surface area (Å²) in [5.41, 5.74) is 3.53. The van der Waals surface area contributed by atoms with Crippen LogP contribution in [-0.2, 0) is 27.5 Å². The zero-order chi connectivity index (χ0) is 19.0. The molecule has 2 saturated heterocycles. The highest BCUT2D eigenvalue weighted by molar-refractivity contribution is 7.92. The summed E-state index contributed by atoms with van der Waals surface area (Å²) in [5.74, 6) is -0.0455. The molecule has 1 aromatic carbocycles. The van der Waals surface area contributed by atoms with Gasteiger partial charge in [0.05, 0.1) is 23.1 Å². The van der Waals surface area contributed by atoms with Gasteiger partial charge in [0, 0.05) is 12.1 Å². The lowest BCUT2D eigenvalue weighted by atomic mass is 10.0. The van der Waals surface area contributed by atoms with Crippen molar-refractivity contribution >= 4 is 27.5 Å². The van der Waals surface area contributed by atoms with Gasteiger partial charge in [0.2, 0.25) is 5.91 Å². The summed E-state index contributed by atoms with van der Waals surface area (Å²) in [6.07, 6.45) is 5.46. The first-order valence-electron chi connectivity index (χ1n) is 9.63. The van der Waals surface area contributed by atoms with Crippen LogP contribution in [0.4, 0.5) is 10.5 Å². The van der Waals surface area contributed by atoms with E-state index in [2.05, 4.69) is 28.1 Å². The normalized spacial score (nSPS) is 27.6. The van der Waals surface area contributed by atoms with E-state index < -0.39 is 15.1 Å². The number of urea groups is 1. The van der Waals surface area contributed by atoms with E-state index in [-0.39, 0.29) is 29.8 Å². The molecule has 3 amide bonds. The van der Waals surface area contributed by atoms with Crippen LogP contribution < -0.4 is 16.0 Å². The van der Waals surface area contributed by atoms with E-state index >= 15 is 0 Å². The van der Waals surface area contributed by atoms with Crippen LogP contribution >= 0.6 is 0 Å². The second kappa shape index (κ2) is 7.14. The molecule has 0 aromatic heterocycles. The van der Waals surface area contributed by atoms with Crippen molar-refractivity contribution in [3.05, 3.63) is 29.3 Å². The molecule has 3 N–H and O–H groups in total. The number of hydrogen-bond donors (Lipinski definition) is 3. The highest BCUT2D eigenvalue weighted by Gasteiger charge is 2.51. The van der Waals surface area contributed by atoms with Crippen molar-refractivity contribution in [2.45, 2.75) is 62.3 Å². The molecule has 4 rings (SSSR count). The lowest BCUT2D eigenvalue weighted by Crippen LogP contribution is -2.39. The largest absolute Gasteiger partial charge is 0.332 e. The van der Waals surface area contributed by atoms with Gasteiger partial charge in [-0.2, -0.15) is 0 Å². The second-order valence-electron chi connectivity index (χ2n) is 7.75. The van der Waals surface area contributed by atoms with Crippen molar-refractivity contribution in [1.29, 1.82) is 0 Å². The Labute approximate surface area is 159 Å². The molecule has 0 saturated carbocycles. The minimum absolute atomic E-state index is 0.000111. The van der Waals surface area contributed by atoms with Gasteiger partial charge in [-0.1, -0.05) is 12.5 Å². The fraction of sp³-hybridized carbons (Fsp3) is 0.579. The molecule has 1 aromatic rings. The third kappa shape index (κ3) is 3.81. The van der Waals surface area contributed by atoms with E-state index in [1.165, 1.54) is 17.5 Å². The zero-order valence-corrected chi connectivity index (χ0v) is 16.0. The van der Waals surface area contributed by atoms with Gasteiger partial charge < -0.3 is 16.0 Å². The molecule has 3 unspecified atom stereocenters. The standard InChI is InChI=1S/C19H25N3O4S/c23-17(20-14-9-8-12-4-3-5-13(12)10-14)7-2-1-6-16-18-15(11-27(16,25)26)21-19(24)22-18/h8-10,15-16,18H,1-7,11H2,(H,20,23)(H2,21,22,24). The molecule has 2 heterocycles. The highest BCUT2D eigenvalue weighted by atomic mass is 32.2. The summed E-state index contributed by atoms with van der Waals surface area (Å²) < 4.78 is 24.5. The molecule has 7 nitrogen and oxygen atoms in total. The van der Waals surface area contributed by atoms with Gasteiger partial charge in [-0.15, -0.1) is 0 Å². The Morgan fingerprint density at radius 3 is 2.81 bits per heavy atom. The van der Waals surface area contributed by atoms with Crippen molar-refractivity contribution in [2.24, 2.45) is 0 Å². The zero-order valence-electron chi connectivity index (χ0n) is 15.2. The molecule has 0 bridgehead atoms. The van der Waals surface area contributed by atoms with E-state index in [1.54, 1.807) is 0 Å². The van der Waals surface area contributed by atoms with Gasteiger partial charge >= 0.3 is 6.03 Å². The number of anilines is 1. The maximum absolute atomic E-state index is 12.3. The molecule has 2 aliphatic heterocycles. The van der Waals surface area contributed by atoms with Crippen molar-refractivity contribution in [3.8, 4) is 0 Å². The molecule has 1 aliphatic carbocycles. The number of fused-ring (bicyclic) bond motifs is 2. The molecule has 3 aliphatic rings. The minimum Gasteiger partial charge on any atom is -0.332 e. The molecule has 27 heavy (non-hydrogen) atoms. The van der Waals surface area contributed by atoms with E-state index in [0.717, 1.165) is 18.5 Å². The number of aryl methyl sites for hydroxylation is 2. The van der Waals surface area contributed by atoms with Gasteiger partial charge in [0.1, 0.15) is 0 Å². The van der Waals surface area contributed by atoms with Crippen LogP contribution in [0.1, 0.15) is 43.2 Å². The maximum Gasteiger partial charge on any atom is 0.315 e. The summed E-state index contributed by atoms with van der Waals surface area (Å²) in [6, 6.07) is 5.13. The van der Waals surface area contributed by atoms with Crippen LogP contribution in [0.15, 0.2) is 18.2 Å². The van der Waals surface area contributed by atoms with Gasteiger partial charge in [-0.05, 0) is 55.4 Å². The molecular formula is C19H25N3O4S. The summed E-state index contributed by atoms with van der Waals surface area (Å²) in [5, 5.41) is 7.76. The smallest absolute Gasteiger partial charge is 0.315 e. The Bertz CT molecular complexity index is 868. The van der Waals surface area contributed by atoms with Crippen LogP contribution in [0.3, 0.4) is 0 Å². The predicted octanol–water partition coefficient (Wildman–Crippen LogP) is 1.52. The molecule has 0 radical (unpaired) electrons. The quantitative estimate of drug-likeness (QED) is 0.505. The number of unbranched alkanes of at least 4 members (excludes halogenated alkanes) is 1. The Kier molecular flexibility index (Phi) is 4.84. The number of sulfone groups is 1. The van der Waals surface area contributed by atoms with Crippen LogP contribution in [0.2, 0.25) is 0 Å². The van der Waals surface area contributed by atoms with Crippen molar-refractivity contribution in [1.82, 2.24) is 10.6 Å². The fourth-order valence-corrected chi connectivity index (χ4v) is 6.78. The summed E-state index contributed by atoms with van der Waals surface area (Å²) in [7, 11) is -3.20. The van der Waals surface area contributed by atoms with Crippen molar-refractivity contribution < 1.29 is 18.0 Å². The van der Waals surface area contributed by atoms with E-state index in [9.17, 15) is 18.0 Å². The number of carbonyl (C=O) groups excluding carboxylic acids is 2. The second-order valence-corrected chi connectivity index (χ2v) is 10.0. The van der Waals surface area contributed by atoms with Crippen molar-refractivity contribution in [3.63, 3.8) is 0 Å². The predicted molar refractivity (Wildman–Crippen MR) is 102 cm³/mol. The summed E-state index contributed by atoms with van der Waals surface area (Å²) in [4.78, 5) is 23.6. The van der Waals surface area contributed by atoms with Gasteiger partial charge in [-0.25, -0.2) is 13.2 Å². The van der Waals surface area contributed by atoms with Crippen LogP contribution in [0.5, 0.6) is 0 Å². The number of carbonyl (C=O) groups is 2. The third-order valence-electron chi connectivity index (χ3n) is 5.85. The molecule has 8 heteroatoms. The van der Waals surface area contributed by atoms with Crippen LogP contribution in [0, 0.1) is 0 Å². The first-order valence-corrected chi connectivity index (χ1v) is 11.3. The number of rotatable bonds is 6.